The molecule has 0 aliphatic carbocycles. The first-order valence-electron chi connectivity index (χ1n) is 9.47. The number of aliphatic hydroxyl groups is 2. The number of aryl methyl sites for hydroxylation is 1. The van der Waals surface area contributed by atoms with E-state index >= 15 is 0 Å². The number of primary amides is 1. The standard InChI is InChI=1S/C19H22F2N4O7S/c1-8-2-12(20)11(13(21)3-8)7-32-17-15(16(22)30)18(33-25-17)24-19(31)23-6-10(27)4-9(26)5-14(28)29/h2-3,9-10,26-27H,4-7H2,1H3,(H2,22,30)(H,28,29)(H2,23,24,31). The maximum absolute atomic E-state index is 14.0. The average molecular weight is 488 g/mol. The van der Waals surface area contributed by atoms with Gasteiger partial charge in [0.2, 0.25) is 5.88 Å². The molecule has 2 aromatic rings. The summed E-state index contributed by atoms with van der Waals surface area (Å²) in [6.45, 7) is 0.601. The number of carbonyl (C=O) groups excluding carboxylic acids is 2. The molecule has 0 saturated heterocycles. The van der Waals surface area contributed by atoms with Gasteiger partial charge in [0.25, 0.3) is 5.91 Å². The maximum Gasteiger partial charge on any atom is 0.320 e. The van der Waals surface area contributed by atoms with Crippen LogP contribution in [0.5, 0.6) is 5.88 Å². The average Bonchev–Trinajstić information content (AvgIpc) is 3.07. The van der Waals surface area contributed by atoms with Crippen molar-refractivity contribution in [3.05, 3.63) is 40.5 Å². The van der Waals surface area contributed by atoms with Crippen LogP contribution in [-0.4, -0.2) is 56.4 Å². The topological polar surface area (TPSA) is 184 Å². The van der Waals surface area contributed by atoms with Crippen LogP contribution in [0.25, 0.3) is 0 Å². The van der Waals surface area contributed by atoms with Crippen molar-refractivity contribution < 1.29 is 43.2 Å². The molecule has 0 fully saturated rings. The van der Waals surface area contributed by atoms with Crippen LogP contribution in [0.15, 0.2) is 12.1 Å². The third-order valence-electron chi connectivity index (χ3n) is 4.23. The smallest absolute Gasteiger partial charge is 0.320 e. The molecule has 0 radical (unpaired) electrons. The zero-order chi connectivity index (χ0) is 24.7. The normalized spacial score (nSPS) is 12.6. The number of halogens is 2. The molecule has 0 aliphatic heterocycles. The second kappa shape index (κ2) is 11.5. The summed E-state index contributed by atoms with van der Waals surface area (Å²) in [6.07, 6.45) is -3.39. The maximum atomic E-state index is 14.0. The van der Waals surface area contributed by atoms with Gasteiger partial charge in [0, 0.05) is 13.0 Å². The molecular weight excluding hydrogens is 466 g/mol. The van der Waals surface area contributed by atoms with Crippen molar-refractivity contribution in [2.24, 2.45) is 5.73 Å². The predicted molar refractivity (Wildman–Crippen MR) is 112 cm³/mol. The van der Waals surface area contributed by atoms with Gasteiger partial charge in [0.05, 0.1) is 24.2 Å². The second-order valence-electron chi connectivity index (χ2n) is 7.03. The molecule has 0 saturated carbocycles. The van der Waals surface area contributed by atoms with E-state index in [-0.39, 0.29) is 35.0 Å². The Labute approximate surface area is 190 Å². The van der Waals surface area contributed by atoms with Crippen LogP contribution in [0.4, 0.5) is 18.6 Å². The van der Waals surface area contributed by atoms with Gasteiger partial charge in [-0.1, -0.05) is 0 Å². The molecule has 14 heteroatoms. The first kappa shape index (κ1) is 25.9. The molecule has 1 aromatic carbocycles. The summed E-state index contributed by atoms with van der Waals surface area (Å²) in [6, 6.07) is 1.36. The molecule has 3 amide bonds. The minimum Gasteiger partial charge on any atom is -0.481 e. The molecule has 180 valence electrons. The van der Waals surface area contributed by atoms with Crippen molar-refractivity contribution in [3.63, 3.8) is 0 Å². The summed E-state index contributed by atoms with van der Waals surface area (Å²) in [5, 5.41) is 32.3. The Morgan fingerprint density at radius 1 is 1.21 bits per heavy atom. The largest absolute Gasteiger partial charge is 0.481 e. The summed E-state index contributed by atoms with van der Waals surface area (Å²) in [5.41, 5.74) is 4.99. The molecule has 2 unspecified atom stereocenters. The highest BCUT2D eigenvalue weighted by atomic mass is 32.1. The van der Waals surface area contributed by atoms with Crippen LogP contribution in [-0.2, 0) is 11.4 Å². The number of hydrogen-bond donors (Lipinski definition) is 6. The highest BCUT2D eigenvalue weighted by Gasteiger charge is 2.23. The first-order chi connectivity index (χ1) is 15.5. The number of aliphatic carboxylic acids is 1. The second-order valence-corrected chi connectivity index (χ2v) is 7.80. The van der Waals surface area contributed by atoms with E-state index in [2.05, 4.69) is 15.0 Å². The number of urea groups is 1. The fourth-order valence-corrected chi connectivity index (χ4v) is 3.46. The number of aliphatic hydroxyl groups excluding tert-OH is 2. The van der Waals surface area contributed by atoms with Crippen LogP contribution >= 0.6 is 11.5 Å². The Morgan fingerprint density at radius 3 is 2.42 bits per heavy atom. The number of anilines is 1. The van der Waals surface area contributed by atoms with Crippen LogP contribution in [0.1, 0.15) is 34.3 Å². The van der Waals surface area contributed by atoms with E-state index in [1.165, 1.54) is 6.92 Å². The van der Waals surface area contributed by atoms with Gasteiger partial charge in [-0.3, -0.25) is 14.9 Å². The number of amides is 3. The highest BCUT2D eigenvalue weighted by molar-refractivity contribution is 7.11. The number of ether oxygens (including phenoxy) is 1. The third kappa shape index (κ3) is 7.62. The van der Waals surface area contributed by atoms with E-state index in [1.807, 2.05) is 0 Å². The Bertz CT molecular complexity index is 1010. The molecule has 11 nitrogen and oxygen atoms in total. The Morgan fingerprint density at radius 2 is 1.85 bits per heavy atom. The minimum atomic E-state index is -1.30. The number of carboxylic acid groups (broad SMARTS) is 1. The van der Waals surface area contributed by atoms with Crippen molar-refractivity contribution in [1.29, 1.82) is 0 Å². The van der Waals surface area contributed by atoms with Crippen molar-refractivity contribution >= 4 is 34.4 Å². The molecule has 2 atom stereocenters. The van der Waals surface area contributed by atoms with E-state index in [0.29, 0.717) is 17.1 Å². The number of nitrogens with two attached hydrogens (primary N) is 1. The zero-order valence-electron chi connectivity index (χ0n) is 17.3. The number of nitrogens with zero attached hydrogens (tertiary/aromatic N) is 1. The number of carboxylic acids is 1. The van der Waals surface area contributed by atoms with Gasteiger partial charge in [-0.25, -0.2) is 13.6 Å². The molecule has 0 aliphatic rings. The molecule has 2 rings (SSSR count). The van der Waals surface area contributed by atoms with Gasteiger partial charge in [0.1, 0.15) is 28.8 Å². The van der Waals surface area contributed by atoms with Gasteiger partial charge in [-0.2, -0.15) is 4.37 Å². The Kier molecular flexibility index (Phi) is 9.02. The van der Waals surface area contributed by atoms with Crippen molar-refractivity contribution in [2.45, 2.75) is 38.6 Å². The van der Waals surface area contributed by atoms with Gasteiger partial charge in [-0.05, 0) is 36.2 Å². The molecular formula is C19H22F2N4O7S. The molecule has 0 spiro atoms. The molecule has 1 aromatic heterocycles. The number of carbonyl (C=O) groups is 3. The highest BCUT2D eigenvalue weighted by Crippen LogP contribution is 2.31. The quantitative estimate of drug-likeness (QED) is 0.272. The lowest BCUT2D eigenvalue weighted by Gasteiger charge is -2.15. The predicted octanol–water partition coefficient (Wildman–Crippen LogP) is 1.12. The number of nitrogens with one attached hydrogen (secondary N) is 2. The first-order valence-corrected chi connectivity index (χ1v) is 10.2. The summed E-state index contributed by atoms with van der Waals surface area (Å²) >= 11 is 0.628. The lowest BCUT2D eigenvalue weighted by Crippen LogP contribution is -2.37. The van der Waals surface area contributed by atoms with E-state index in [1.54, 1.807) is 0 Å². The van der Waals surface area contributed by atoms with Crippen LogP contribution in [0, 0.1) is 18.6 Å². The van der Waals surface area contributed by atoms with Gasteiger partial charge >= 0.3 is 12.0 Å². The van der Waals surface area contributed by atoms with E-state index < -0.39 is 54.8 Å². The lowest BCUT2D eigenvalue weighted by molar-refractivity contribution is -0.139. The van der Waals surface area contributed by atoms with Crippen LogP contribution < -0.4 is 21.1 Å². The zero-order valence-corrected chi connectivity index (χ0v) is 18.1. The Balaban J connectivity index is 1.99. The molecule has 0 bridgehead atoms. The number of benzene rings is 1. The van der Waals surface area contributed by atoms with Crippen molar-refractivity contribution in [3.8, 4) is 5.88 Å². The van der Waals surface area contributed by atoms with Crippen LogP contribution in [0.3, 0.4) is 0 Å². The molecule has 1 heterocycles. The monoisotopic (exact) mass is 488 g/mol. The number of hydrogen-bond acceptors (Lipinski definition) is 8. The van der Waals surface area contributed by atoms with E-state index in [9.17, 15) is 33.4 Å². The van der Waals surface area contributed by atoms with E-state index in [4.69, 9.17) is 15.6 Å². The lowest BCUT2D eigenvalue weighted by atomic mass is 10.1. The molecule has 7 N–H and O–H groups in total. The summed E-state index contributed by atoms with van der Waals surface area (Å²) in [7, 11) is 0. The number of rotatable bonds is 11. The summed E-state index contributed by atoms with van der Waals surface area (Å²) in [5.74, 6) is -4.27. The third-order valence-corrected chi connectivity index (χ3v) is 4.97. The SMILES string of the molecule is Cc1cc(F)c(COc2nsc(NC(=O)NCC(O)CC(O)CC(=O)O)c2C(N)=O)c(F)c1. The van der Waals surface area contributed by atoms with Crippen molar-refractivity contribution in [1.82, 2.24) is 9.69 Å². The van der Waals surface area contributed by atoms with Gasteiger partial charge in [0.15, 0.2) is 0 Å². The van der Waals surface area contributed by atoms with Gasteiger partial charge < -0.3 is 31.1 Å². The summed E-state index contributed by atoms with van der Waals surface area (Å²) < 4.78 is 37.1. The van der Waals surface area contributed by atoms with Crippen LogP contribution in [0.2, 0.25) is 0 Å². The van der Waals surface area contributed by atoms with Gasteiger partial charge in [-0.15, -0.1) is 0 Å². The number of aromatic nitrogens is 1. The summed E-state index contributed by atoms with van der Waals surface area (Å²) in [4.78, 5) is 34.4. The fourth-order valence-electron chi connectivity index (χ4n) is 2.72. The Hall–Kier alpha value is -3.36. The molecule has 33 heavy (non-hydrogen) atoms. The minimum absolute atomic E-state index is 0.111. The fraction of sp³-hybridized carbons (Fsp3) is 0.368. The van der Waals surface area contributed by atoms with E-state index in [0.717, 1.165) is 12.1 Å². The van der Waals surface area contributed by atoms with Crippen molar-refractivity contribution in [2.75, 3.05) is 11.9 Å².